The smallest absolute Gasteiger partial charge is 0.277 e. The van der Waals surface area contributed by atoms with Gasteiger partial charge in [-0.3, -0.25) is 14.5 Å². The number of carbonyl (C=O) groups is 1. The minimum absolute atomic E-state index is 0.0265. The number of fused-ring (bicyclic) bond motifs is 1. The summed E-state index contributed by atoms with van der Waals surface area (Å²) in [5.41, 5.74) is 2.58. The molecular formula is C28H29F2N5O4S. The highest BCUT2D eigenvalue weighted by Crippen LogP contribution is 2.40. The summed E-state index contributed by atoms with van der Waals surface area (Å²) in [4.78, 5) is 21.1. The molecule has 3 aromatic rings. The summed E-state index contributed by atoms with van der Waals surface area (Å²) >= 11 is 0. The highest BCUT2D eigenvalue weighted by atomic mass is 32.2. The van der Waals surface area contributed by atoms with Crippen LogP contribution in [0.3, 0.4) is 0 Å². The lowest BCUT2D eigenvalue weighted by molar-refractivity contribution is -0.119. The van der Waals surface area contributed by atoms with Crippen molar-refractivity contribution in [1.82, 2.24) is 14.8 Å². The van der Waals surface area contributed by atoms with Gasteiger partial charge in [0.2, 0.25) is 0 Å². The van der Waals surface area contributed by atoms with Gasteiger partial charge in [0.1, 0.15) is 11.5 Å². The second-order valence-electron chi connectivity index (χ2n) is 10.6. The quantitative estimate of drug-likeness (QED) is 0.391. The van der Waals surface area contributed by atoms with Crippen molar-refractivity contribution >= 4 is 38.4 Å². The van der Waals surface area contributed by atoms with Gasteiger partial charge in [0, 0.05) is 50.0 Å². The van der Waals surface area contributed by atoms with Gasteiger partial charge in [-0.2, -0.15) is 5.10 Å². The molecule has 0 unspecified atom stereocenters. The summed E-state index contributed by atoms with van der Waals surface area (Å²) in [5, 5.41) is 7.80. The molecular weight excluding hydrogens is 540 g/mol. The normalized spacial score (nSPS) is 17.6. The number of sulfone groups is 1. The average molecular weight is 570 g/mol. The molecule has 0 spiro atoms. The van der Waals surface area contributed by atoms with Crippen LogP contribution in [-0.2, 0) is 32.2 Å². The number of hydrogen-bond donors (Lipinski definition) is 1. The molecule has 12 heteroatoms. The molecule has 3 aliphatic rings. The van der Waals surface area contributed by atoms with Gasteiger partial charge in [-0.05, 0) is 49.9 Å². The molecule has 40 heavy (non-hydrogen) atoms. The SMILES string of the molecule is CS(=O)(=O)c1cc(-c2ccn(C3CCOCC3)n2)ccc1Nc1cc(CC(=O)C2CC2)nc2c1N=C(C(F)F)C2. The molecule has 0 atom stereocenters. The first-order chi connectivity index (χ1) is 19.2. The molecule has 2 aliphatic heterocycles. The zero-order valence-corrected chi connectivity index (χ0v) is 22.8. The number of carbonyl (C=O) groups excluding carboxylic acids is 1. The average Bonchev–Trinajstić information content (AvgIpc) is 3.49. The summed E-state index contributed by atoms with van der Waals surface area (Å²) in [6, 6.07) is 8.64. The summed E-state index contributed by atoms with van der Waals surface area (Å²) in [5.74, 6) is 0.0893. The van der Waals surface area contributed by atoms with Gasteiger partial charge < -0.3 is 10.1 Å². The van der Waals surface area contributed by atoms with E-state index >= 15 is 0 Å². The number of benzene rings is 1. The van der Waals surface area contributed by atoms with E-state index < -0.39 is 16.3 Å². The first kappa shape index (κ1) is 26.7. The molecule has 1 N–H and O–H groups in total. The Hall–Kier alpha value is -3.51. The van der Waals surface area contributed by atoms with E-state index in [2.05, 4.69) is 20.4 Å². The third-order valence-electron chi connectivity index (χ3n) is 7.48. The van der Waals surface area contributed by atoms with Crippen molar-refractivity contribution in [2.24, 2.45) is 10.9 Å². The van der Waals surface area contributed by atoms with E-state index in [-0.39, 0.29) is 52.6 Å². The van der Waals surface area contributed by atoms with Gasteiger partial charge in [0.05, 0.1) is 45.1 Å². The fourth-order valence-corrected chi connectivity index (χ4v) is 6.03. The van der Waals surface area contributed by atoms with E-state index in [1.165, 1.54) is 0 Å². The van der Waals surface area contributed by atoms with Crippen molar-refractivity contribution in [3.05, 3.63) is 47.9 Å². The van der Waals surface area contributed by atoms with Gasteiger partial charge in [-0.1, -0.05) is 6.07 Å². The Bertz CT molecular complexity index is 1610. The molecule has 4 heterocycles. The number of Topliss-reactive ketones (excluding diaryl/α,β-unsaturated/α-hetero) is 1. The predicted octanol–water partition coefficient (Wildman–Crippen LogP) is 4.86. The summed E-state index contributed by atoms with van der Waals surface area (Å²) < 4.78 is 60.1. The van der Waals surface area contributed by atoms with E-state index in [0.29, 0.717) is 41.5 Å². The lowest BCUT2D eigenvalue weighted by Gasteiger charge is -2.22. The molecule has 0 bridgehead atoms. The number of anilines is 2. The minimum atomic E-state index is -3.71. The Labute approximate surface area is 230 Å². The van der Waals surface area contributed by atoms with Crippen LogP contribution < -0.4 is 5.32 Å². The van der Waals surface area contributed by atoms with E-state index in [9.17, 15) is 22.0 Å². The molecule has 0 amide bonds. The Balaban J connectivity index is 1.35. The highest BCUT2D eigenvalue weighted by Gasteiger charge is 2.31. The maximum atomic E-state index is 13.5. The van der Waals surface area contributed by atoms with Gasteiger partial charge in [-0.25, -0.2) is 22.2 Å². The number of aromatic nitrogens is 3. The van der Waals surface area contributed by atoms with Gasteiger partial charge >= 0.3 is 0 Å². The number of ether oxygens (including phenoxy) is 1. The maximum Gasteiger partial charge on any atom is 0.277 e. The Morgan fingerprint density at radius 2 is 1.90 bits per heavy atom. The molecule has 0 radical (unpaired) electrons. The number of pyridine rings is 1. The van der Waals surface area contributed by atoms with Crippen molar-refractivity contribution in [1.29, 1.82) is 0 Å². The Morgan fingerprint density at radius 1 is 1.12 bits per heavy atom. The second kappa shape index (κ2) is 10.5. The third-order valence-corrected chi connectivity index (χ3v) is 8.62. The van der Waals surface area contributed by atoms with E-state index in [4.69, 9.17) is 4.74 Å². The fraction of sp³-hybridized carbons (Fsp3) is 0.429. The number of nitrogens with one attached hydrogen (secondary N) is 1. The molecule has 210 valence electrons. The monoisotopic (exact) mass is 569 g/mol. The second-order valence-corrected chi connectivity index (χ2v) is 12.6. The van der Waals surface area contributed by atoms with E-state index in [1.807, 2.05) is 16.9 Å². The maximum absolute atomic E-state index is 13.5. The van der Waals surface area contributed by atoms with Crippen LogP contribution in [0.4, 0.5) is 25.8 Å². The molecule has 1 aromatic carbocycles. The van der Waals surface area contributed by atoms with Crippen LogP contribution in [0, 0.1) is 5.92 Å². The van der Waals surface area contributed by atoms with Crippen molar-refractivity contribution in [2.75, 3.05) is 24.8 Å². The van der Waals surface area contributed by atoms with Crippen LogP contribution in [-0.4, -0.2) is 60.6 Å². The fourth-order valence-electron chi connectivity index (χ4n) is 5.17. The van der Waals surface area contributed by atoms with Crippen LogP contribution >= 0.6 is 0 Å². The van der Waals surface area contributed by atoms with Crippen LogP contribution in [0.2, 0.25) is 0 Å². The molecule has 1 saturated carbocycles. The first-order valence-electron chi connectivity index (χ1n) is 13.3. The van der Waals surface area contributed by atoms with Crippen LogP contribution in [0.15, 0.2) is 46.4 Å². The zero-order chi connectivity index (χ0) is 28.0. The lowest BCUT2D eigenvalue weighted by atomic mass is 10.1. The largest absolute Gasteiger partial charge is 0.381 e. The Kier molecular flexibility index (Phi) is 6.99. The number of nitrogens with zero attached hydrogens (tertiary/aromatic N) is 4. The van der Waals surface area contributed by atoms with Crippen LogP contribution in [0.5, 0.6) is 0 Å². The summed E-state index contributed by atoms with van der Waals surface area (Å²) in [6.45, 7) is 1.35. The van der Waals surface area contributed by atoms with Crippen LogP contribution in [0.25, 0.3) is 11.3 Å². The van der Waals surface area contributed by atoms with Gasteiger partial charge in [0.25, 0.3) is 6.43 Å². The molecule has 2 aromatic heterocycles. The number of halogens is 2. The third kappa shape index (κ3) is 5.55. The number of ketones is 1. The predicted molar refractivity (Wildman–Crippen MR) is 146 cm³/mol. The van der Waals surface area contributed by atoms with Gasteiger partial charge in [-0.15, -0.1) is 0 Å². The zero-order valence-electron chi connectivity index (χ0n) is 21.9. The minimum Gasteiger partial charge on any atom is -0.381 e. The number of hydrogen-bond acceptors (Lipinski definition) is 8. The van der Waals surface area contributed by atoms with Crippen LogP contribution in [0.1, 0.15) is 43.1 Å². The van der Waals surface area contributed by atoms with E-state index in [0.717, 1.165) is 31.9 Å². The first-order valence-corrected chi connectivity index (χ1v) is 15.2. The topological polar surface area (TPSA) is 116 Å². The van der Waals surface area contributed by atoms with Crippen molar-refractivity contribution in [2.45, 2.75) is 55.9 Å². The molecule has 2 fully saturated rings. The molecule has 6 rings (SSSR count). The summed E-state index contributed by atoms with van der Waals surface area (Å²) in [7, 11) is -3.71. The summed E-state index contributed by atoms with van der Waals surface area (Å²) in [6.07, 6.45) is 3.65. The van der Waals surface area contributed by atoms with Crippen molar-refractivity contribution < 1.29 is 26.7 Å². The van der Waals surface area contributed by atoms with E-state index in [1.54, 1.807) is 24.3 Å². The standard InChI is InChI=1S/C28H29F2N5O4S/c1-40(37,38)26-12-17(20-6-9-35(34-20)19-7-10-39-11-8-19)4-5-21(26)32-22-13-18(14-25(36)16-2-3-16)31-23-15-24(28(29)30)33-27(22)23/h4-6,9,12-13,16,19,28H,2-3,7-8,10-11,14-15H2,1H3,(H,31,32). The highest BCUT2D eigenvalue weighted by molar-refractivity contribution is 7.90. The molecule has 1 aliphatic carbocycles. The van der Waals surface area contributed by atoms with Crippen molar-refractivity contribution in [3.63, 3.8) is 0 Å². The van der Waals surface area contributed by atoms with Crippen molar-refractivity contribution in [3.8, 4) is 11.3 Å². The number of rotatable bonds is 9. The van der Waals surface area contributed by atoms with Gasteiger partial charge in [0.15, 0.2) is 9.84 Å². The Morgan fingerprint density at radius 3 is 2.60 bits per heavy atom. The number of aliphatic imine (C=N–C) groups is 1. The molecule has 9 nitrogen and oxygen atoms in total. The molecule has 1 saturated heterocycles. The lowest BCUT2D eigenvalue weighted by Crippen LogP contribution is -2.19. The number of alkyl halides is 2.